The fourth-order valence-electron chi connectivity index (χ4n) is 4.19. The van der Waals surface area contributed by atoms with Crippen molar-refractivity contribution >= 4 is 17.0 Å². The smallest absolute Gasteiger partial charge is 0.418 e. The van der Waals surface area contributed by atoms with Gasteiger partial charge in [0.2, 0.25) is 0 Å². The minimum absolute atomic E-state index is 0.0975. The highest BCUT2D eigenvalue weighted by Crippen LogP contribution is 2.52. The predicted octanol–water partition coefficient (Wildman–Crippen LogP) is 3.27. The third-order valence-electron chi connectivity index (χ3n) is 5.82. The van der Waals surface area contributed by atoms with E-state index in [1.54, 1.807) is 6.20 Å². The second-order valence-electron chi connectivity index (χ2n) is 7.77. The lowest BCUT2D eigenvalue weighted by atomic mass is 10.2. The van der Waals surface area contributed by atoms with E-state index in [4.69, 9.17) is 4.74 Å². The summed E-state index contributed by atoms with van der Waals surface area (Å²) >= 11 is 0. The van der Waals surface area contributed by atoms with Gasteiger partial charge in [-0.25, -0.2) is 23.4 Å². The van der Waals surface area contributed by atoms with Gasteiger partial charge in [-0.2, -0.15) is 18.3 Å². The molecule has 0 N–H and O–H groups in total. The van der Waals surface area contributed by atoms with Gasteiger partial charge in [-0.15, -0.1) is 0 Å². The highest BCUT2D eigenvalue weighted by Gasteiger charge is 2.56. The standard InChI is InChI=1S/C19H17F5N6O/c20-16(21)8-30-18-15(4-27-30)26-5-17(28-18)29-6-12-13(7-29)14(12)9-31-11-1-10(2-25-3-11)19(22,23)24/h1-5,12-14,16H,6-9H2/t12-,13+,14?. The predicted molar refractivity (Wildman–Crippen MR) is 98.7 cm³/mol. The van der Waals surface area contributed by atoms with Gasteiger partial charge in [-0.1, -0.05) is 0 Å². The number of piperidine rings is 1. The van der Waals surface area contributed by atoms with Gasteiger partial charge in [0.05, 0.1) is 30.8 Å². The average molecular weight is 440 g/mol. The van der Waals surface area contributed by atoms with Crippen LogP contribution in [0.1, 0.15) is 5.56 Å². The van der Waals surface area contributed by atoms with Crippen LogP contribution in [-0.2, 0) is 12.7 Å². The summed E-state index contributed by atoms with van der Waals surface area (Å²) in [6.45, 7) is 1.17. The Morgan fingerprint density at radius 3 is 2.58 bits per heavy atom. The van der Waals surface area contributed by atoms with Crippen LogP contribution in [0.5, 0.6) is 5.75 Å². The zero-order valence-electron chi connectivity index (χ0n) is 16.0. The van der Waals surface area contributed by atoms with E-state index >= 15 is 0 Å². The molecule has 4 heterocycles. The van der Waals surface area contributed by atoms with Crippen molar-refractivity contribution in [2.45, 2.75) is 19.1 Å². The number of anilines is 1. The summed E-state index contributed by atoms with van der Waals surface area (Å²) in [7, 11) is 0. The van der Waals surface area contributed by atoms with Gasteiger partial charge in [0.25, 0.3) is 6.43 Å². The van der Waals surface area contributed by atoms with Crippen LogP contribution >= 0.6 is 0 Å². The average Bonchev–Trinajstić information content (AvgIpc) is 3.04. The molecule has 31 heavy (non-hydrogen) atoms. The zero-order valence-corrected chi connectivity index (χ0v) is 16.0. The van der Waals surface area contributed by atoms with Gasteiger partial charge in [0.15, 0.2) is 5.65 Å². The monoisotopic (exact) mass is 440 g/mol. The van der Waals surface area contributed by atoms with Gasteiger partial charge in [0.1, 0.15) is 23.6 Å². The third kappa shape index (κ3) is 3.86. The molecule has 2 fully saturated rings. The highest BCUT2D eigenvalue weighted by molar-refractivity contribution is 5.71. The Morgan fingerprint density at radius 1 is 1.10 bits per heavy atom. The molecule has 1 unspecified atom stereocenters. The van der Waals surface area contributed by atoms with Gasteiger partial charge in [0, 0.05) is 25.2 Å². The van der Waals surface area contributed by atoms with Crippen LogP contribution < -0.4 is 9.64 Å². The van der Waals surface area contributed by atoms with Gasteiger partial charge in [-0.05, 0) is 17.9 Å². The summed E-state index contributed by atoms with van der Waals surface area (Å²) in [6, 6.07) is 0.949. The van der Waals surface area contributed by atoms with E-state index < -0.39 is 24.7 Å². The van der Waals surface area contributed by atoms with E-state index in [0.29, 0.717) is 48.5 Å². The molecular formula is C19H17F5N6O. The van der Waals surface area contributed by atoms with Crippen LogP contribution in [0.25, 0.3) is 11.2 Å². The number of fused-ring (bicyclic) bond motifs is 2. The summed E-state index contributed by atoms with van der Waals surface area (Å²) in [5, 5.41) is 3.91. The molecule has 0 bridgehead atoms. The molecule has 1 aliphatic heterocycles. The maximum absolute atomic E-state index is 12.8. The molecule has 0 radical (unpaired) electrons. The van der Waals surface area contributed by atoms with Crippen LogP contribution in [0.2, 0.25) is 0 Å². The Morgan fingerprint density at radius 2 is 1.87 bits per heavy atom. The van der Waals surface area contributed by atoms with E-state index in [0.717, 1.165) is 16.9 Å². The summed E-state index contributed by atoms with van der Waals surface area (Å²) in [4.78, 5) is 14.3. The molecule has 0 spiro atoms. The van der Waals surface area contributed by atoms with E-state index in [-0.39, 0.29) is 11.7 Å². The van der Waals surface area contributed by atoms with E-state index in [1.165, 1.54) is 12.4 Å². The number of aromatic nitrogens is 5. The topological polar surface area (TPSA) is 69.0 Å². The van der Waals surface area contributed by atoms with Gasteiger partial charge >= 0.3 is 6.18 Å². The lowest BCUT2D eigenvalue weighted by Gasteiger charge is -2.20. The van der Waals surface area contributed by atoms with Crippen molar-refractivity contribution in [2.75, 3.05) is 24.6 Å². The molecule has 7 nitrogen and oxygen atoms in total. The molecule has 3 atom stereocenters. The first kappa shape index (κ1) is 19.9. The van der Waals surface area contributed by atoms with E-state index in [1.807, 2.05) is 4.90 Å². The molecule has 1 saturated carbocycles. The van der Waals surface area contributed by atoms with Crippen molar-refractivity contribution < 1.29 is 26.7 Å². The maximum atomic E-state index is 12.8. The van der Waals surface area contributed by atoms with Crippen molar-refractivity contribution in [2.24, 2.45) is 17.8 Å². The van der Waals surface area contributed by atoms with Gasteiger partial charge < -0.3 is 9.64 Å². The molecule has 12 heteroatoms. The fraction of sp³-hybridized carbons (Fsp3) is 0.474. The van der Waals surface area contributed by atoms with E-state index in [9.17, 15) is 22.0 Å². The molecule has 2 aliphatic rings. The Bertz CT molecular complexity index is 1090. The number of halogens is 5. The molecule has 1 aliphatic carbocycles. The number of hydrogen-bond acceptors (Lipinski definition) is 6. The number of alkyl halides is 5. The second kappa shape index (κ2) is 7.27. The molecule has 164 valence electrons. The molecule has 1 saturated heterocycles. The van der Waals surface area contributed by atoms with Crippen LogP contribution in [0.4, 0.5) is 27.8 Å². The van der Waals surface area contributed by atoms with Crippen molar-refractivity contribution in [1.82, 2.24) is 24.7 Å². The highest BCUT2D eigenvalue weighted by atomic mass is 19.4. The zero-order chi connectivity index (χ0) is 21.8. The number of nitrogens with zero attached hydrogens (tertiary/aromatic N) is 6. The molecule has 5 rings (SSSR count). The normalized spacial score (nSPS) is 22.9. The summed E-state index contributed by atoms with van der Waals surface area (Å²) < 4.78 is 70.5. The molecule has 0 amide bonds. The lowest BCUT2D eigenvalue weighted by molar-refractivity contribution is -0.138. The van der Waals surface area contributed by atoms with Crippen LogP contribution in [0.3, 0.4) is 0 Å². The number of pyridine rings is 1. The van der Waals surface area contributed by atoms with E-state index in [2.05, 4.69) is 20.1 Å². The van der Waals surface area contributed by atoms with Crippen LogP contribution in [0.15, 0.2) is 30.9 Å². The van der Waals surface area contributed by atoms with Crippen molar-refractivity contribution in [3.8, 4) is 5.75 Å². The first-order valence-electron chi connectivity index (χ1n) is 9.66. The van der Waals surface area contributed by atoms with Crippen molar-refractivity contribution in [3.05, 3.63) is 36.4 Å². The second-order valence-corrected chi connectivity index (χ2v) is 7.77. The first-order valence-corrected chi connectivity index (χ1v) is 9.66. The minimum Gasteiger partial charge on any atom is -0.492 e. The molecular weight excluding hydrogens is 423 g/mol. The summed E-state index contributed by atoms with van der Waals surface area (Å²) in [5.41, 5.74) is -0.0720. The Labute approximate surface area is 172 Å². The molecule has 3 aromatic rings. The molecule has 0 aromatic carbocycles. The Balaban J connectivity index is 1.20. The quantitative estimate of drug-likeness (QED) is 0.548. The minimum atomic E-state index is -4.46. The summed E-state index contributed by atoms with van der Waals surface area (Å²) in [5.74, 6) is 1.61. The van der Waals surface area contributed by atoms with Crippen molar-refractivity contribution in [1.29, 1.82) is 0 Å². The van der Waals surface area contributed by atoms with Crippen molar-refractivity contribution in [3.63, 3.8) is 0 Å². The maximum Gasteiger partial charge on any atom is 0.418 e. The lowest BCUT2D eigenvalue weighted by Crippen LogP contribution is -2.26. The fourth-order valence-corrected chi connectivity index (χ4v) is 4.19. The largest absolute Gasteiger partial charge is 0.492 e. The Kier molecular flexibility index (Phi) is 4.67. The van der Waals surface area contributed by atoms with Crippen LogP contribution in [-0.4, -0.2) is 50.9 Å². The molecule has 3 aromatic heterocycles. The number of hydrogen-bond donors (Lipinski definition) is 0. The Hall–Kier alpha value is -3.05. The first-order chi connectivity index (χ1) is 14.8. The summed E-state index contributed by atoms with van der Waals surface area (Å²) in [6.07, 6.45) is -1.96. The van der Waals surface area contributed by atoms with Gasteiger partial charge in [-0.3, -0.25) is 4.98 Å². The number of rotatable bonds is 6. The SMILES string of the molecule is FC(F)Cn1ncc2ncc(N3C[C@@H]4C(COc5cncc(C(F)(F)F)c5)[C@@H]4C3)nc21. The third-order valence-corrected chi connectivity index (χ3v) is 5.82. The number of ether oxygens (including phenoxy) is 1. The van der Waals surface area contributed by atoms with Crippen LogP contribution in [0, 0.1) is 17.8 Å².